The number of hydrogen-bond donors (Lipinski definition) is 1. The highest BCUT2D eigenvalue weighted by atomic mass is 16.5. The van der Waals surface area contributed by atoms with Gasteiger partial charge in [-0.15, -0.1) is 0 Å². The van der Waals surface area contributed by atoms with Gasteiger partial charge in [0.1, 0.15) is 5.82 Å². The summed E-state index contributed by atoms with van der Waals surface area (Å²) < 4.78 is 5.33. The quantitative estimate of drug-likeness (QED) is 0.758. The normalized spacial score (nSPS) is 21.4. The van der Waals surface area contributed by atoms with E-state index in [0.29, 0.717) is 12.5 Å². The van der Waals surface area contributed by atoms with Gasteiger partial charge in [-0.1, -0.05) is 0 Å². The maximum absolute atomic E-state index is 5.46. The Balaban J connectivity index is 2.12. The minimum Gasteiger partial charge on any atom is -0.381 e. The van der Waals surface area contributed by atoms with Crippen LogP contribution in [-0.4, -0.2) is 29.7 Å². The van der Waals surface area contributed by atoms with E-state index in [2.05, 4.69) is 9.97 Å². The third-order valence-electron chi connectivity index (χ3n) is 2.44. The number of hydrogen-bond acceptors (Lipinski definition) is 4. The van der Waals surface area contributed by atoms with E-state index in [1.165, 1.54) is 0 Å². The van der Waals surface area contributed by atoms with E-state index in [1.54, 1.807) is 0 Å². The molecule has 2 N–H and O–H groups in total. The van der Waals surface area contributed by atoms with Crippen LogP contribution in [0.3, 0.4) is 0 Å². The first kappa shape index (κ1) is 9.55. The molecule has 1 aromatic heterocycles. The van der Waals surface area contributed by atoms with Crippen LogP contribution in [0.5, 0.6) is 0 Å². The smallest absolute Gasteiger partial charge is 0.129 e. The molecule has 4 heteroatoms. The fourth-order valence-corrected chi connectivity index (χ4v) is 1.66. The molecule has 1 aliphatic rings. The summed E-state index contributed by atoms with van der Waals surface area (Å²) in [4.78, 5) is 8.64. The predicted octanol–water partition coefficient (Wildman–Crippen LogP) is 0.482. The first-order chi connectivity index (χ1) is 6.90. The van der Waals surface area contributed by atoms with Crippen LogP contribution in [0.2, 0.25) is 0 Å². The number of rotatable bonds is 3. The Bertz CT molecular complexity index is 297. The van der Waals surface area contributed by atoms with Gasteiger partial charge < -0.3 is 10.5 Å². The Kier molecular flexibility index (Phi) is 3.06. The molecule has 2 heterocycles. The molecule has 0 saturated carbocycles. The highest BCUT2D eigenvalue weighted by Gasteiger charge is 2.19. The van der Waals surface area contributed by atoms with Crippen molar-refractivity contribution >= 4 is 0 Å². The molecule has 1 fully saturated rings. The van der Waals surface area contributed by atoms with E-state index in [9.17, 15) is 0 Å². The van der Waals surface area contributed by atoms with E-state index in [-0.39, 0.29) is 0 Å². The van der Waals surface area contributed by atoms with E-state index in [1.807, 2.05) is 12.3 Å². The monoisotopic (exact) mass is 193 g/mol. The van der Waals surface area contributed by atoms with Gasteiger partial charge in [-0.05, 0) is 19.0 Å². The maximum atomic E-state index is 5.46. The number of aromatic nitrogens is 2. The molecule has 1 saturated heterocycles. The highest BCUT2D eigenvalue weighted by molar-refractivity contribution is 5.10. The Morgan fingerprint density at radius 3 is 3.21 bits per heavy atom. The molecule has 76 valence electrons. The number of nitrogens with two attached hydrogens (primary N) is 1. The van der Waals surface area contributed by atoms with Crippen LogP contribution in [0.15, 0.2) is 12.3 Å². The van der Waals surface area contributed by atoms with Crippen molar-refractivity contribution in [3.8, 4) is 0 Å². The van der Waals surface area contributed by atoms with E-state index in [4.69, 9.17) is 10.5 Å². The van der Waals surface area contributed by atoms with Crippen LogP contribution in [0, 0.1) is 0 Å². The summed E-state index contributed by atoms with van der Waals surface area (Å²) in [5.41, 5.74) is 6.56. The van der Waals surface area contributed by atoms with Crippen molar-refractivity contribution in [2.45, 2.75) is 18.8 Å². The molecule has 2 rings (SSSR count). The molecule has 0 aromatic carbocycles. The summed E-state index contributed by atoms with van der Waals surface area (Å²) >= 11 is 0. The second-order valence-corrected chi connectivity index (χ2v) is 3.50. The summed E-state index contributed by atoms with van der Waals surface area (Å²) in [6, 6.07) is 1.97. The largest absolute Gasteiger partial charge is 0.381 e. The molecule has 1 aromatic rings. The fraction of sp³-hybridized carbons (Fsp3) is 0.600. The van der Waals surface area contributed by atoms with Gasteiger partial charge in [0.05, 0.1) is 6.61 Å². The zero-order valence-electron chi connectivity index (χ0n) is 8.15. The van der Waals surface area contributed by atoms with Crippen LogP contribution < -0.4 is 5.73 Å². The molecular formula is C10H15N3O. The second-order valence-electron chi connectivity index (χ2n) is 3.50. The van der Waals surface area contributed by atoms with Crippen molar-refractivity contribution in [1.29, 1.82) is 0 Å². The van der Waals surface area contributed by atoms with Crippen molar-refractivity contribution in [1.82, 2.24) is 9.97 Å². The first-order valence-corrected chi connectivity index (χ1v) is 5.00. The first-order valence-electron chi connectivity index (χ1n) is 5.00. The molecule has 4 nitrogen and oxygen atoms in total. The fourth-order valence-electron chi connectivity index (χ4n) is 1.66. The van der Waals surface area contributed by atoms with Gasteiger partial charge in [0.25, 0.3) is 0 Å². The third-order valence-corrected chi connectivity index (χ3v) is 2.44. The Hall–Kier alpha value is -1.00. The van der Waals surface area contributed by atoms with Gasteiger partial charge in [0.15, 0.2) is 0 Å². The minimum atomic E-state index is 0.453. The number of ether oxygens (including phenoxy) is 1. The van der Waals surface area contributed by atoms with E-state index < -0.39 is 0 Å². The summed E-state index contributed by atoms with van der Waals surface area (Å²) in [6.45, 7) is 2.24. The lowest BCUT2D eigenvalue weighted by atomic mass is 10.1. The van der Waals surface area contributed by atoms with Gasteiger partial charge in [0, 0.05) is 30.8 Å². The molecule has 1 unspecified atom stereocenters. The molecule has 1 aliphatic heterocycles. The average molecular weight is 193 g/mol. The molecular weight excluding hydrogens is 178 g/mol. The average Bonchev–Trinajstić information content (AvgIpc) is 2.71. The zero-order chi connectivity index (χ0) is 9.80. The lowest BCUT2D eigenvalue weighted by Crippen LogP contribution is -2.09. The van der Waals surface area contributed by atoms with Crippen LogP contribution in [0.4, 0.5) is 0 Å². The molecule has 0 radical (unpaired) electrons. The van der Waals surface area contributed by atoms with Gasteiger partial charge in [-0.3, -0.25) is 0 Å². The van der Waals surface area contributed by atoms with Crippen LogP contribution in [-0.2, 0) is 11.2 Å². The third kappa shape index (κ3) is 2.08. The summed E-state index contributed by atoms with van der Waals surface area (Å²) in [5, 5.41) is 0. The van der Waals surface area contributed by atoms with Crippen molar-refractivity contribution in [3.05, 3.63) is 23.8 Å². The molecule has 0 aliphatic carbocycles. The van der Waals surface area contributed by atoms with E-state index >= 15 is 0 Å². The van der Waals surface area contributed by atoms with Crippen molar-refractivity contribution < 1.29 is 4.74 Å². The van der Waals surface area contributed by atoms with Crippen LogP contribution in [0.1, 0.15) is 23.9 Å². The predicted molar refractivity (Wildman–Crippen MR) is 53.0 cm³/mol. The standard InChI is InChI=1S/C10H15N3O/c11-4-1-10-12-5-2-9(13-10)8-3-6-14-7-8/h2,5,8H,1,3-4,6-7,11H2. The van der Waals surface area contributed by atoms with Crippen molar-refractivity contribution in [3.63, 3.8) is 0 Å². The Morgan fingerprint density at radius 2 is 2.50 bits per heavy atom. The topological polar surface area (TPSA) is 61.0 Å². The maximum Gasteiger partial charge on any atom is 0.129 e. The summed E-state index contributed by atoms with van der Waals surface area (Å²) in [6.07, 6.45) is 3.63. The summed E-state index contributed by atoms with van der Waals surface area (Å²) in [7, 11) is 0. The number of nitrogens with zero attached hydrogens (tertiary/aromatic N) is 2. The molecule has 0 spiro atoms. The molecule has 0 bridgehead atoms. The zero-order valence-corrected chi connectivity index (χ0v) is 8.15. The highest BCUT2D eigenvalue weighted by Crippen LogP contribution is 2.22. The Labute approximate surface area is 83.5 Å². The van der Waals surface area contributed by atoms with Gasteiger partial charge >= 0.3 is 0 Å². The Morgan fingerprint density at radius 1 is 1.57 bits per heavy atom. The van der Waals surface area contributed by atoms with Gasteiger partial charge in [-0.2, -0.15) is 0 Å². The molecule has 14 heavy (non-hydrogen) atoms. The lowest BCUT2D eigenvalue weighted by Gasteiger charge is -2.07. The molecule has 1 atom stereocenters. The van der Waals surface area contributed by atoms with Gasteiger partial charge in [0.2, 0.25) is 0 Å². The molecule has 0 amide bonds. The van der Waals surface area contributed by atoms with Crippen molar-refractivity contribution in [2.75, 3.05) is 19.8 Å². The van der Waals surface area contributed by atoms with Crippen LogP contribution >= 0.6 is 0 Å². The summed E-state index contributed by atoms with van der Waals surface area (Å²) in [5.74, 6) is 1.30. The van der Waals surface area contributed by atoms with E-state index in [0.717, 1.165) is 37.6 Å². The minimum absolute atomic E-state index is 0.453. The second kappa shape index (κ2) is 4.48. The van der Waals surface area contributed by atoms with Crippen molar-refractivity contribution in [2.24, 2.45) is 5.73 Å². The SMILES string of the molecule is NCCc1nccc(C2CCOC2)n1. The van der Waals surface area contributed by atoms with Gasteiger partial charge in [-0.25, -0.2) is 9.97 Å². The van der Waals surface area contributed by atoms with Crippen LogP contribution in [0.25, 0.3) is 0 Å². The lowest BCUT2D eigenvalue weighted by molar-refractivity contribution is 0.193.